The van der Waals surface area contributed by atoms with Gasteiger partial charge in [0.05, 0.1) is 29.7 Å². The van der Waals surface area contributed by atoms with E-state index in [1.807, 2.05) is 84.0 Å². The topological polar surface area (TPSA) is 121 Å². The summed E-state index contributed by atoms with van der Waals surface area (Å²) >= 11 is 0. The van der Waals surface area contributed by atoms with E-state index >= 15 is 0 Å². The minimum Gasteiger partial charge on any atom is -0.473 e. The van der Waals surface area contributed by atoms with Crippen molar-refractivity contribution in [2.45, 2.75) is 71.4 Å². The fraction of sp³-hybridized carbons (Fsp3) is 0.486. The average Bonchev–Trinajstić information content (AvgIpc) is 3.03. The fourth-order valence-electron chi connectivity index (χ4n) is 5.84. The molecule has 2 aromatic heterocycles. The predicted octanol–water partition coefficient (Wildman–Crippen LogP) is 4.90. The van der Waals surface area contributed by atoms with E-state index in [2.05, 4.69) is 19.8 Å². The van der Waals surface area contributed by atoms with Crippen molar-refractivity contribution >= 4 is 23.6 Å². The van der Waals surface area contributed by atoms with Crippen LogP contribution in [0.2, 0.25) is 0 Å². The van der Waals surface area contributed by atoms with E-state index in [-0.39, 0.29) is 23.7 Å². The van der Waals surface area contributed by atoms with Crippen LogP contribution >= 0.6 is 0 Å². The number of rotatable bonds is 6. The van der Waals surface area contributed by atoms with E-state index in [4.69, 9.17) is 14.2 Å². The summed E-state index contributed by atoms with van der Waals surface area (Å²) in [5, 5.41) is 0. The Hall–Kier alpha value is -4.74. The molecule has 2 aliphatic heterocycles. The van der Waals surface area contributed by atoms with Crippen molar-refractivity contribution in [3.63, 3.8) is 0 Å². The molecule has 2 aliphatic rings. The lowest BCUT2D eigenvalue weighted by Crippen LogP contribution is -2.68. The molecule has 2 atom stereocenters. The number of nitrogens with zero attached hydrogens (tertiary/aromatic N) is 5. The van der Waals surface area contributed by atoms with Crippen molar-refractivity contribution in [1.29, 1.82) is 0 Å². The highest BCUT2D eigenvalue weighted by Gasteiger charge is 2.43. The number of hydrogen-bond acceptors (Lipinski definition) is 9. The van der Waals surface area contributed by atoms with Gasteiger partial charge in [-0.25, -0.2) is 14.6 Å². The average molecular weight is 647 g/mol. The summed E-state index contributed by atoms with van der Waals surface area (Å²) in [5.41, 5.74) is 1.23. The Kier molecular flexibility index (Phi) is 9.97. The Morgan fingerprint density at radius 2 is 1.32 bits per heavy atom. The van der Waals surface area contributed by atoms with Gasteiger partial charge in [-0.15, -0.1) is 0 Å². The molecule has 252 valence electrons. The summed E-state index contributed by atoms with van der Waals surface area (Å²) in [6.07, 6.45) is 2.70. The minimum atomic E-state index is -0.650. The molecule has 12 nitrogen and oxygen atoms in total. The summed E-state index contributed by atoms with van der Waals surface area (Å²) in [6, 6.07) is 16.4. The Morgan fingerprint density at radius 1 is 0.766 bits per heavy atom. The second-order valence-electron chi connectivity index (χ2n) is 13.9. The standard InChI is InChI=1S/C35H46N6O6/c1-34(2,3)46-32(43)38-16-18-40(26-12-14-30(42)36-20-26)28(22-38)29-23-39(33(44)47-35(4,5)6)17-19-41(29)27-13-15-31(37-21-27)45-24-25-10-8-7-9-11-25/h7-15,20-21,28-29H,16-19,22-24H2,1-6H3,(H,36,42). The third-order valence-electron chi connectivity index (χ3n) is 7.97. The summed E-state index contributed by atoms with van der Waals surface area (Å²) in [6.45, 7) is 14.1. The third kappa shape index (κ3) is 8.96. The highest BCUT2D eigenvalue weighted by atomic mass is 16.6. The predicted molar refractivity (Wildman–Crippen MR) is 180 cm³/mol. The van der Waals surface area contributed by atoms with Gasteiger partial charge in [0.2, 0.25) is 11.4 Å². The molecule has 0 radical (unpaired) electrons. The molecule has 0 spiro atoms. The first-order chi connectivity index (χ1) is 22.3. The van der Waals surface area contributed by atoms with Crippen molar-refractivity contribution < 1.29 is 23.8 Å². The molecule has 2 fully saturated rings. The van der Waals surface area contributed by atoms with Gasteiger partial charge in [-0.05, 0) is 59.2 Å². The van der Waals surface area contributed by atoms with Crippen molar-refractivity contribution in [2.24, 2.45) is 0 Å². The monoisotopic (exact) mass is 646 g/mol. The van der Waals surface area contributed by atoms with Crippen LogP contribution in [0.15, 0.2) is 71.8 Å². The van der Waals surface area contributed by atoms with E-state index in [1.165, 1.54) is 6.07 Å². The van der Waals surface area contributed by atoms with Crippen LogP contribution < -0.4 is 20.1 Å². The van der Waals surface area contributed by atoms with Crippen molar-refractivity contribution in [3.05, 3.63) is 82.9 Å². The number of H-pyrrole nitrogens is 1. The molecule has 2 saturated heterocycles. The van der Waals surface area contributed by atoms with Crippen LogP contribution in [-0.2, 0) is 16.1 Å². The number of hydrogen-bond donors (Lipinski definition) is 1. The number of pyridine rings is 2. The minimum absolute atomic E-state index is 0.200. The lowest BCUT2D eigenvalue weighted by atomic mass is 9.97. The second-order valence-corrected chi connectivity index (χ2v) is 13.9. The third-order valence-corrected chi connectivity index (χ3v) is 7.97. The Bertz CT molecular complexity index is 1550. The summed E-state index contributed by atoms with van der Waals surface area (Å²) in [5.74, 6) is 0.505. The van der Waals surface area contributed by atoms with Crippen LogP contribution in [-0.4, -0.2) is 94.5 Å². The van der Waals surface area contributed by atoms with Crippen molar-refractivity contribution in [2.75, 3.05) is 49.1 Å². The van der Waals surface area contributed by atoms with Crippen LogP contribution in [0.1, 0.15) is 47.1 Å². The molecule has 2 unspecified atom stereocenters. The van der Waals surface area contributed by atoms with E-state index in [9.17, 15) is 14.4 Å². The Labute approximate surface area is 276 Å². The first kappa shape index (κ1) is 33.6. The fourth-order valence-corrected chi connectivity index (χ4v) is 5.84. The number of benzene rings is 1. The van der Waals surface area contributed by atoms with Crippen LogP contribution in [0.4, 0.5) is 21.0 Å². The van der Waals surface area contributed by atoms with Crippen LogP contribution in [0.3, 0.4) is 0 Å². The number of anilines is 2. The zero-order valence-corrected chi connectivity index (χ0v) is 28.1. The molecule has 3 aromatic rings. The molecule has 0 bridgehead atoms. The molecule has 4 heterocycles. The molecule has 0 saturated carbocycles. The molecule has 5 rings (SSSR count). The van der Waals surface area contributed by atoms with Crippen molar-refractivity contribution in [3.8, 4) is 5.88 Å². The zero-order chi connectivity index (χ0) is 33.8. The number of aromatic amines is 1. The van der Waals surface area contributed by atoms with Gasteiger partial charge in [0.25, 0.3) is 0 Å². The van der Waals surface area contributed by atoms with Gasteiger partial charge < -0.3 is 38.8 Å². The van der Waals surface area contributed by atoms with Gasteiger partial charge >= 0.3 is 12.2 Å². The van der Waals surface area contributed by atoms with Gasteiger partial charge in [0.1, 0.15) is 17.8 Å². The summed E-state index contributed by atoms with van der Waals surface area (Å²) in [7, 11) is 0. The molecule has 47 heavy (non-hydrogen) atoms. The quantitative estimate of drug-likeness (QED) is 0.399. The molecule has 2 amide bonds. The lowest BCUT2D eigenvalue weighted by molar-refractivity contribution is 0.0137. The van der Waals surface area contributed by atoms with E-state index in [0.29, 0.717) is 51.8 Å². The molecule has 0 aliphatic carbocycles. The summed E-state index contributed by atoms with van der Waals surface area (Å²) in [4.78, 5) is 53.9. The maximum absolute atomic E-state index is 13.4. The zero-order valence-electron chi connectivity index (χ0n) is 28.1. The first-order valence-corrected chi connectivity index (χ1v) is 16.1. The number of amides is 2. The molecule has 1 aromatic carbocycles. The first-order valence-electron chi connectivity index (χ1n) is 16.1. The Balaban J connectivity index is 1.46. The molecule has 1 N–H and O–H groups in total. The largest absolute Gasteiger partial charge is 0.473 e. The lowest BCUT2D eigenvalue weighted by Gasteiger charge is -2.52. The maximum Gasteiger partial charge on any atom is 0.410 e. The molecule has 12 heteroatoms. The smallest absolute Gasteiger partial charge is 0.410 e. The van der Waals surface area contributed by atoms with E-state index in [0.717, 1.165) is 16.9 Å². The van der Waals surface area contributed by atoms with Gasteiger partial charge in [0, 0.05) is 57.6 Å². The number of ether oxygens (including phenoxy) is 3. The number of aromatic nitrogens is 2. The Morgan fingerprint density at radius 3 is 1.81 bits per heavy atom. The normalized spacial score (nSPS) is 18.9. The van der Waals surface area contributed by atoms with E-state index < -0.39 is 17.3 Å². The van der Waals surface area contributed by atoms with Gasteiger partial charge in [-0.3, -0.25) is 4.79 Å². The summed E-state index contributed by atoms with van der Waals surface area (Å²) < 4.78 is 17.5. The number of piperazine rings is 2. The molecular weight excluding hydrogens is 600 g/mol. The SMILES string of the molecule is CC(C)(C)OC(=O)N1CCN(c2ccc(OCc3ccccc3)nc2)C(C2CN(C(=O)OC(C)(C)C)CCN2c2ccc(=O)[nH]c2)C1. The number of carbonyl (C=O) groups is 2. The maximum atomic E-state index is 13.4. The van der Waals surface area contributed by atoms with Crippen LogP contribution in [0.5, 0.6) is 5.88 Å². The number of carbonyl (C=O) groups excluding carboxylic acids is 2. The van der Waals surface area contributed by atoms with Crippen LogP contribution in [0.25, 0.3) is 0 Å². The van der Waals surface area contributed by atoms with Gasteiger partial charge in [-0.1, -0.05) is 30.3 Å². The van der Waals surface area contributed by atoms with Gasteiger partial charge in [0.15, 0.2) is 0 Å². The second kappa shape index (κ2) is 13.9. The van der Waals surface area contributed by atoms with Crippen molar-refractivity contribution in [1.82, 2.24) is 19.8 Å². The van der Waals surface area contributed by atoms with Crippen LogP contribution in [0, 0.1) is 0 Å². The van der Waals surface area contributed by atoms with Gasteiger partial charge in [-0.2, -0.15) is 0 Å². The molecular formula is C35H46N6O6. The highest BCUT2D eigenvalue weighted by Crippen LogP contribution is 2.31. The van der Waals surface area contributed by atoms with E-state index in [1.54, 1.807) is 28.3 Å². The number of nitrogens with one attached hydrogen (secondary N) is 1. The highest BCUT2D eigenvalue weighted by molar-refractivity contribution is 5.70.